The van der Waals surface area contributed by atoms with Crippen LogP contribution in [0.5, 0.6) is 17.2 Å². The number of nitrogens with one attached hydrogen (secondary N) is 2. The zero-order valence-electron chi connectivity index (χ0n) is 16.3. The van der Waals surface area contributed by atoms with Gasteiger partial charge >= 0.3 is 0 Å². The minimum Gasteiger partial charge on any atom is -0.493 e. The Bertz CT molecular complexity index is 923. The van der Waals surface area contributed by atoms with Gasteiger partial charge in [-0.25, -0.2) is 13.1 Å². The number of methoxy groups -OCH3 is 3. The Hall–Kier alpha value is -2.30. The van der Waals surface area contributed by atoms with Crippen molar-refractivity contribution >= 4 is 31.9 Å². The van der Waals surface area contributed by atoms with E-state index in [-0.39, 0.29) is 30.3 Å². The Morgan fingerprint density at radius 1 is 1.00 bits per heavy atom. The molecule has 2 rings (SSSR count). The van der Waals surface area contributed by atoms with E-state index in [9.17, 15) is 13.2 Å². The van der Waals surface area contributed by atoms with Crippen LogP contribution < -0.4 is 24.2 Å². The fraction of sp³-hybridized carbons (Fsp3) is 0.316. The molecule has 0 atom stereocenters. The van der Waals surface area contributed by atoms with Crippen molar-refractivity contribution in [3.8, 4) is 17.2 Å². The highest BCUT2D eigenvalue weighted by Crippen LogP contribution is 2.38. The monoisotopic (exact) mass is 486 g/mol. The number of carbonyl (C=O) groups excluding carboxylic acids is 1. The summed E-state index contributed by atoms with van der Waals surface area (Å²) < 4.78 is 43.4. The van der Waals surface area contributed by atoms with Gasteiger partial charge in [0.2, 0.25) is 21.7 Å². The predicted octanol–water partition coefficient (Wildman–Crippen LogP) is 2.46. The van der Waals surface area contributed by atoms with Crippen LogP contribution in [0.2, 0.25) is 0 Å². The molecule has 0 aliphatic heterocycles. The zero-order chi connectivity index (χ0) is 21.4. The number of rotatable bonds is 10. The molecule has 29 heavy (non-hydrogen) atoms. The summed E-state index contributed by atoms with van der Waals surface area (Å²) in [6.07, 6.45) is 0.000181. The molecular formula is C19H23BrN2O6S. The highest BCUT2D eigenvalue weighted by atomic mass is 79.9. The summed E-state index contributed by atoms with van der Waals surface area (Å²) in [5, 5.41) is 2.74. The van der Waals surface area contributed by atoms with Gasteiger partial charge in [-0.3, -0.25) is 4.79 Å². The summed E-state index contributed by atoms with van der Waals surface area (Å²) in [6, 6.07) is 9.71. The second kappa shape index (κ2) is 10.5. The summed E-state index contributed by atoms with van der Waals surface area (Å²) in [7, 11) is 0.870. The number of hydrogen-bond acceptors (Lipinski definition) is 6. The number of amides is 1. The van der Waals surface area contributed by atoms with E-state index < -0.39 is 10.0 Å². The van der Waals surface area contributed by atoms with Gasteiger partial charge in [-0.15, -0.1) is 0 Å². The number of benzene rings is 2. The molecular weight excluding hydrogens is 464 g/mol. The first-order valence-electron chi connectivity index (χ1n) is 8.61. The number of hydrogen-bond donors (Lipinski definition) is 2. The minimum atomic E-state index is -3.66. The van der Waals surface area contributed by atoms with E-state index in [2.05, 4.69) is 26.0 Å². The average Bonchev–Trinajstić information content (AvgIpc) is 2.71. The fourth-order valence-corrected chi connectivity index (χ4v) is 3.82. The van der Waals surface area contributed by atoms with Crippen molar-refractivity contribution < 1.29 is 27.4 Å². The Morgan fingerprint density at radius 2 is 1.59 bits per heavy atom. The quantitative estimate of drug-likeness (QED) is 0.534. The van der Waals surface area contributed by atoms with Crippen molar-refractivity contribution in [3.05, 3.63) is 46.4 Å². The van der Waals surface area contributed by atoms with Gasteiger partial charge in [0.05, 0.1) is 26.2 Å². The highest BCUT2D eigenvalue weighted by molar-refractivity contribution is 9.10. The molecule has 0 spiro atoms. The van der Waals surface area contributed by atoms with Gasteiger partial charge < -0.3 is 19.5 Å². The molecule has 0 unspecified atom stereocenters. The molecule has 0 aliphatic carbocycles. The molecule has 2 aromatic rings. The van der Waals surface area contributed by atoms with E-state index in [0.29, 0.717) is 17.2 Å². The number of ether oxygens (including phenoxy) is 3. The third-order valence-corrected chi connectivity index (χ3v) is 5.99. The SMILES string of the molecule is COc1cc(CNC(=O)CCNS(=O)(=O)c2ccc(Br)cc2)cc(OC)c1OC. The van der Waals surface area contributed by atoms with E-state index in [4.69, 9.17) is 14.2 Å². The van der Waals surface area contributed by atoms with Crippen molar-refractivity contribution in [1.29, 1.82) is 0 Å². The Balaban J connectivity index is 1.89. The van der Waals surface area contributed by atoms with Crippen molar-refractivity contribution in [1.82, 2.24) is 10.0 Å². The van der Waals surface area contributed by atoms with E-state index in [1.165, 1.54) is 33.5 Å². The average molecular weight is 487 g/mol. The van der Waals surface area contributed by atoms with Crippen molar-refractivity contribution in [3.63, 3.8) is 0 Å². The van der Waals surface area contributed by atoms with Gasteiger partial charge in [0.15, 0.2) is 11.5 Å². The van der Waals surface area contributed by atoms with Gasteiger partial charge in [0, 0.05) is 24.0 Å². The van der Waals surface area contributed by atoms with E-state index in [1.54, 1.807) is 24.3 Å². The number of halogens is 1. The zero-order valence-corrected chi connectivity index (χ0v) is 18.7. The van der Waals surface area contributed by atoms with Gasteiger partial charge in [0.1, 0.15) is 0 Å². The van der Waals surface area contributed by atoms with Gasteiger partial charge in [0.25, 0.3) is 0 Å². The largest absolute Gasteiger partial charge is 0.493 e. The van der Waals surface area contributed by atoms with Crippen molar-refractivity contribution in [2.75, 3.05) is 27.9 Å². The normalized spacial score (nSPS) is 11.0. The topological polar surface area (TPSA) is 103 Å². The lowest BCUT2D eigenvalue weighted by Crippen LogP contribution is -2.30. The Kier molecular flexibility index (Phi) is 8.30. The molecule has 8 nitrogen and oxygen atoms in total. The molecule has 0 bridgehead atoms. The molecule has 0 heterocycles. The summed E-state index contributed by atoms with van der Waals surface area (Å²) in [6.45, 7) is 0.217. The maximum atomic E-state index is 12.2. The van der Waals surface area contributed by atoms with Crippen molar-refractivity contribution in [2.45, 2.75) is 17.9 Å². The van der Waals surface area contributed by atoms with Crippen LogP contribution in [0.1, 0.15) is 12.0 Å². The molecule has 0 fully saturated rings. The molecule has 1 amide bonds. The molecule has 0 saturated carbocycles. The first-order chi connectivity index (χ1) is 13.8. The Morgan fingerprint density at radius 3 is 2.10 bits per heavy atom. The van der Waals surface area contributed by atoms with Crippen LogP contribution in [-0.2, 0) is 21.4 Å². The molecule has 2 aromatic carbocycles. The van der Waals surface area contributed by atoms with Crippen LogP contribution in [0.25, 0.3) is 0 Å². The fourth-order valence-electron chi connectivity index (χ4n) is 2.52. The summed E-state index contributed by atoms with van der Waals surface area (Å²) in [4.78, 5) is 12.2. The van der Waals surface area contributed by atoms with E-state index >= 15 is 0 Å². The van der Waals surface area contributed by atoms with Gasteiger partial charge in [-0.05, 0) is 42.0 Å². The third kappa shape index (κ3) is 6.34. The first-order valence-corrected chi connectivity index (χ1v) is 10.9. The van der Waals surface area contributed by atoms with Gasteiger partial charge in [-0.2, -0.15) is 0 Å². The van der Waals surface area contributed by atoms with Crippen LogP contribution in [0.4, 0.5) is 0 Å². The van der Waals surface area contributed by atoms with Crippen LogP contribution >= 0.6 is 15.9 Å². The van der Waals surface area contributed by atoms with E-state index in [1.807, 2.05) is 0 Å². The summed E-state index contributed by atoms with van der Waals surface area (Å²) in [5.74, 6) is 1.14. The lowest BCUT2D eigenvalue weighted by atomic mass is 10.1. The van der Waals surface area contributed by atoms with Crippen LogP contribution in [0.15, 0.2) is 45.8 Å². The molecule has 0 saturated heterocycles. The third-order valence-electron chi connectivity index (χ3n) is 3.98. The summed E-state index contributed by atoms with van der Waals surface area (Å²) >= 11 is 3.26. The maximum absolute atomic E-state index is 12.2. The van der Waals surface area contributed by atoms with Crippen molar-refractivity contribution in [2.24, 2.45) is 0 Å². The smallest absolute Gasteiger partial charge is 0.240 e. The Labute approximate surface area is 178 Å². The molecule has 2 N–H and O–H groups in total. The molecule has 0 aliphatic rings. The highest BCUT2D eigenvalue weighted by Gasteiger charge is 2.15. The predicted molar refractivity (Wildman–Crippen MR) is 112 cm³/mol. The van der Waals surface area contributed by atoms with E-state index in [0.717, 1.165) is 10.0 Å². The second-order valence-electron chi connectivity index (χ2n) is 5.91. The molecule has 0 radical (unpaired) electrons. The molecule has 10 heteroatoms. The number of sulfonamides is 1. The maximum Gasteiger partial charge on any atom is 0.240 e. The summed E-state index contributed by atoms with van der Waals surface area (Å²) in [5.41, 5.74) is 0.753. The standard InChI is InChI=1S/C19H23BrN2O6S/c1-26-16-10-13(11-17(27-2)19(16)28-3)12-21-18(23)8-9-22-29(24,25)15-6-4-14(20)5-7-15/h4-7,10-11,22H,8-9,12H2,1-3H3,(H,21,23). The van der Waals surface area contributed by atoms with Crippen LogP contribution in [0, 0.1) is 0 Å². The lowest BCUT2D eigenvalue weighted by molar-refractivity contribution is -0.121. The first kappa shape index (κ1) is 23.0. The number of carbonyl (C=O) groups is 1. The second-order valence-corrected chi connectivity index (χ2v) is 8.59. The minimum absolute atomic E-state index is 0.000181. The van der Waals surface area contributed by atoms with Gasteiger partial charge in [-0.1, -0.05) is 15.9 Å². The molecule has 0 aromatic heterocycles. The van der Waals surface area contributed by atoms with Crippen LogP contribution in [0.3, 0.4) is 0 Å². The van der Waals surface area contributed by atoms with Crippen LogP contribution in [-0.4, -0.2) is 42.2 Å². The lowest BCUT2D eigenvalue weighted by Gasteiger charge is -2.14. The molecule has 158 valence electrons.